The van der Waals surface area contributed by atoms with Crippen molar-refractivity contribution < 1.29 is 0 Å². The van der Waals surface area contributed by atoms with Gasteiger partial charge in [-0.25, -0.2) is 3.11 Å². The molecule has 0 aromatic carbocycles. The van der Waals surface area contributed by atoms with Crippen LogP contribution >= 0.6 is 22.9 Å². The lowest BCUT2D eigenvalue weighted by atomic mass is 10.2. The van der Waals surface area contributed by atoms with Gasteiger partial charge in [-0.1, -0.05) is 13.8 Å². The lowest BCUT2D eigenvalue weighted by Crippen LogP contribution is -2.22. The summed E-state index contributed by atoms with van der Waals surface area (Å²) in [6.45, 7) is 7.93. The van der Waals surface area contributed by atoms with Crippen molar-refractivity contribution >= 4 is 22.9 Å². The summed E-state index contributed by atoms with van der Waals surface area (Å²) in [6, 6.07) is 0.741. The molecule has 0 aliphatic heterocycles. The average Bonchev–Trinajstić information content (AvgIpc) is 1.87. The standard InChI is InChI=1S/C7H16IN/c1-4-6-9(8)7(3)5-2/h7H,4-6H2,1-3H3. The summed E-state index contributed by atoms with van der Waals surface area (Å²) in [6.07, 6.45) is 2.51. The third kappa shape index (κ3) is 4.14. The Morgan fingerprint density at radius 2 is 2.00 bits per heavy atom. The van der Waals surface area contributed by atoms with Crippen LogP contribution in [0, 0.1) is 0 Å². The first kappa shape index (κ1) is 9.69. The van der Waals surface area contributed by atoms with Gasteiger partial charge in [0.15, 0.2) is 0 Å². The summed E-state index contributed by atoms with van der Waals surface area (Å²) in [5.41, 5.74) is 0. The molecule has 0 rings (SSSR count). The summed E-state index contributed by atoms with van der Waals surface area (Å²) in [5, 5.41) is 0. The van der Waals surface area contributed by atoms with E-state index in [-0.39, 0.29) is 0 Å². The third-order valence-corrected chi connectivity index (χ3v) is 2.94. The van der Waals surface area contributed by atoms with Crippen molar-refractivity contribution in [3.05, 3.63) is 0 Å². The van der Waals surface area contributed by atoms with Crippen molar-refractivity contribution in [3.63, 3.8) is 0 Å². The highest BCUT2D eigenvalue weighted by molar-refractivity contribution is 14.1. The molecule has 2 heteroatoms. The first-order valence-electron chi connectivity index (χ1n) is 3.64. The van der Waals surface area contributed by atoms with Gasteiger partial charge in [0, 0.05) is 35.5 Å². The molecule has 0 aromatic heterocycles. The first-order valence-corrected chi connectivity index (χ1v) is 4.61. The molecule has 0 aliphatic carbocycles. The SMILES string of the molecule is CCCN(I)C(C)CC. The van der Waals surface area contributed by atoms with Crippen LogP contribution in [0.3, 0.4) is 0 Å². The Balaban J connectivity index is 3.32. The maximum absolute atomic E-state index is 2.40. The highest BCUT2D eigenvalue weighted by Gasteiger charge is 2.05. The van der Waals surface area contributed by atoms with Gasteiger partial charge in [0.1, 0.15) is 0 Å². The molecule has 0 radical (unpaired) electrons. The quantitative estimate of drug-likeness (QED) is 0.540. The zero-order chi connectivity index (χ0) is 7.28. The number of nitrogens with zero attached hydrogens (tertiary/aromatic N) is 1. The molecule has 0 bridgehead atoms. The molecule has 0 heterocycles. The smallest absolute Gasteiger partial charge is 0.0204 e. The monoisotopic (exact) mass is 241 g/mol. The Kier molecular flexibility index (Phi) is 5.89. The van der Waals surface area contributed by atoms with Crippen molar-refractivity contribution in [1.82, 2.24) is 3.11 Å². The normalized spacial score (nSPS) is 14.3. The minimum absolute atomic E-state index is 0.741. The van der Waals surface area contributed by atoms with Crippen LogP contribution in [0.15, 0.2) is 0 Å². The van der Waals surface area contributed by atoms with Gasteiger partial charge >= 0.3 is 0 Å². The van der Waals surface area contributed by atoms with Crippen LogP contribution in [-0.2, 0) is 0 Å². The Morgan fingerprint density at radius 1 is 1.44 bits per heavy atom. The Labute approximate surface area is 72.3 Å². The van der Waals surface area contributed by atoms with Crippen LogP contribution in [0.5, 0.6) is 0 Å². The fourth-order valence-corrected chi connectivity index (χ4v) is 1.51. The van der Waals surface area contributed by atoms with E-state index in [0.717, 1.165) is 6.04 Å². The van der Waals surface area contributed by atoms with Crippen molar-refractivity contribution in [3.8, 4) is 0 Å². The molecule has 1 nitrogen and oxygen atoms in total. The molecule has 1 unspecified atom stereocenters. The molecule has 0 saturated heterocycles. The lowest BCUT2D eigenvalue weighted by molar-refractivity contribution is 0.395. The van der Waals surface area contributed by atoms with Crippen LogP contribution < -0.4 is 0 Å². The summed E-state index contributed by atoms with van der Waals surface area (Å²) < 4.78 is 2.37. The lowest BCUT2D eigenvalue weighted by Gasteiger charge is -2.19. The molecule has 0 aliphatic rings. The third-order valence-electron chi connectivity index (χ3n) is 1.51. The van der Waals surface area contributed by atoms with Gasteiger partial charge in [-0.2, -0.15) is 0 Å². The molecule has 56 valence electrons. The van der Waals surface area contributed by atoms with Gasteiger partial charge in [0.25, 0.3) is 0 Å². The van der Waals surface area contributed by atoms with E-state index in [1.54, 1.807) is 0 Å². The molecule has 0 saturated carbocycles. The molecular formula is C7H16IN. The second-order valence-corrected chi connectivity index (χ2v) is 3.62. The van der Waals surface area contributed by atoms with E-state index in [1.165, 1.54) is 19.4 Å². The number of hydrogen-bond acceptors (Lipinski definition) is 1. The summed E-state index contributed by atoms with van der Waals surface area (Å²) >= 11 is 2.40. The van der Waals surface area contributed by atoms with E-state index in [0.29, 0.717) is 0 Å². The zero-order valence-electron chi connectivity index (χ0n) is 6.52. The van der Waals surface area contributed by atoms with Crippen molar-refractivity contribution in [2.24, 2.45) is 0 Å². The largest absolute Gasteiger partial charge is 0.245 e. The van der Waals surface area contributed by atoms with E-state index in [4.69, 9.17) is 0 Å². The summed E-state index contributed by atoms with van der Waals surface area (Å²) in [4.78, 5) is 0. The maximum Gasteiger partial charge on any atom is 0.0204 e. The fraction of sp³-hybridized carbons (Fsp3) is 1.00. The van der Waals surface area contributed by atoms with Crippen molar-refractivity contribution in [2.75, 3.05) is 6.54 Å². The van der Waals surface area contributed by atoms with Gasteiger partial charge in [0.2, 0.25) is 0 Å². The molecule has 0 amide bonds. The van der Waals surface area contributed by atoms with Crippen LogP contribution in [0.2, 0.25) is 0 Å². The van der Waals surface area contributed by atoms with Gasteiger partial charge in [-0.3, -0.25) is 0 Å². The molecule has 0 spiro atoms. The van der Waals surface area contributed by atoms with Crippen LogP contribution in [0.25, 0.3) is 0 Å². The highest BCUT2D eigenvalue weighted by atomic mass is 127. The summed E-state index contributed by atoms with van der Waals surface area (Å²) in [5.74, 6) is 0. The van der Waals surface area contributed by atoms with Crippen LogP contribution in [-0.4, -0.2) is 15.7 Å². The molecular weight excluding hydrogens is 225 g/mol. The number of hydrogen-bond donors (Lipinski definition) is 0. The van der Waals surface area contributed by atoms with Gasteiger partial charge in [-0.05, 0) is 19.8 Å². The van der Waals surface area contributed by atoms with Crippen molar-refractivity contribution in [2.45, 2.75) is 39.7 Å². The van der Waals surface area contributed by atoms with E-state index in [1.807, 2.05) is 0 Å². The second-order valence-electron chi connectivity index (χ2n) is 2.38. The van der Waals surface area contributed by atoms with E-state index in [9.17, 15) is 0 Å². The predicted molar refractivity (Wildman–Crippen MR) is 50.8 cm³/mol. The van der Waals surface area contributed by atoms with Crippen LogP contribution in [0.4, 0.5) is 0 Å². The highest BCUT2D eigenvalue weighted by Crippen LogP contribution is 2.09. The Hall–Kier alpha value is 0.690. The van der Waals surface area contributed by atoms with E-state index in [2.05, 4.69) is 46.7 Å². The zero-order valence-corrected chi connectivity index (χ0v) is 8.68. The molecule has 1 atom stereocenters. The number of rotatable bonds is 4. The molecule has 0 aromatic rings. The first-order chi connectivity index (χ1) is 4.22. The predicted octanol–water partition coefficient (Wildman–Crippen LogP) is 2.85. The molecule has 9 heavy (non-hydrogen) atoms. The average molecular weight is 241 g/mol. The molecule has 0 N–H and O–H groups in total. The van der Waals surface area contributed by atoms with Gasteiger partial charge in [-0.15, -0.1) is 0 Å². The minimum Gasteiger partial charge on any atom is -0.245 e. The number of halogens is 1. The Morgan fingerprint density at radius 3 is 2.33 bits per heavy atom. The van der Waals surface area contributed by atoms with Crippen LogP contribution in [0.1, 0.15) is 33.6 Å². The second kappa shape index (κ2) is 5.47. The minimum atomic E-state index is 0.741. The van der Waals surface area contributed by atoms with E-state index < -0.39 is 0 Å². The maximum atomic E-state index is 2.40. The fourth-order valence-electron chi connectivity index (χ4n) is 0.632. The van der Waals surface area contributed by atoms with Gasteiger partial charge in [0.05, 0.1) is 0 Å². The Bertz CT molecular complexity index is 65.9. The molecule has 0 fully saturated rings. The van der Waals surface area contributed by atoms with Crippen molar-refractivity contribution in [1.29, 1.82) is 0 Å². The summed E-state index contributed by atoms with van der Waals surface area (Å²) in [7, 11) is 0. The van der Waals surface area contributed by atoms with E-state index >= 15 is 0 Å². The topological polar surface area (TPSA) is 3.24 Å². The van der Waals surface area contributed by atoms with Gasteiger partial charge < -0.3 is 0 Å².